The van der Waals surface area contributed by atoms with Gasteiger partial charge in [0.1, 0.15) is 18.5 Å². The van der Waals surface area contributed by atoms with Crippen molar-refractivity contribution in [2.24, 2.45) is 11.8 Å². The SMILES string of the molecule is C/C(=C\c1cc(F)cc(N2CCN(C(=O)Cn3cccn3)CC2)c1)[C@@H]1OC(=O)C[C@@H](O)CC[C@@H](C)[CH]/C=C/[C@H]1C. The molecule has 0 unspecified atom stereocenters. The number of aliphatic hydroxyl groups is 1. The van der Waals surface area contributed by atoms with E-state index >= 15 is 0 Å². The molecule has 2 aliphatic rings. The summed E-state index contributed by atoms with van der Waals surface area (Å²) in [5, 5.41) is 14.4. The van der Waals surface area contributed by atoms with E-state index in [0.29, 0.717) is 44.1 Å². The summed E-state index contributed by atoms with van der Waals surface area (Å²) in [5.74, 6) is -0.603. The summed E-state index contributed by atoms with van der Waals surface area (Å²) in [6.07, 6.45) is 11.4. The summed E-state index contributed by atoms with van der Waals surface area (Å²) >= 11 is 0. The molecular weight excluding hydrogens is 511 g/mol. The number of piperazine rings is 1. The van der Waals surface area contributed by atoms with E-state index in [1.54, 1.807) is 23.1 Å². The average molecular weight is 552 g/mol. The first kappa shape index (κ1) is 29.5. The van der Waals surface area contributed by atoms with Gasteiger partial charge >= 0.3 is 5.97 Å². The molecule has 1 aromatic heterocycles. The molecule has 8 nitrogen and oxygen atoms in total. The largest absolute Gasteiger partial charge is 0.457 e. The first-order valence-electron chi connectivity index (χ1n) is 14.1. The molecule has 0 saturated carbocycles. The van der Waals surface area contributed by atoms with E-state index in [-0.39, 0.29) is 30.6 Å². The molecule has 4 atom stereocenters. The number of allylic oxidation sites excluding steroid dienone is 1. The van der Waals surface area contributed by atoms with Crippen LogP contribution in [0, 0.1) is 24.1 Å². The maximum absolute atomic E-state index is 14.8. The maximum Gasteiger partial charge on any atom is 0.309 e. The fourth-order valence-electron chi connectivity index (χ4n) is 5.23. The number of cyclic esters (lactones) is 1. The highest BCUT2D eigenvalue weighted by molar-refractivity contribution is 5.76. The van der Waals surface area contributed by atoms with Crippen LogP contribution in [-0.2, 0) is 20.9 Å². The van der Waals surface area contributed by atoms with Crippen molar-refractivity contribution in [3.8, 4) is 0 Å². The van der Waals surface area contributed by atoms with Gasteiger partial charge in [-0.05, 0) is 67.5 Å². The quantitative estimate of drug-likeness (QED) is 0.559. The molecule has 1 aromatic carbocycles. The van der Waals surface area contributed by atoms with Crippen molar-refractivity contribution in [1.82, 2.24) is 14.7 Å². The van der Waals surface area contributed by atoms with Gasteiger partial charge < -0.3 is 19.6 Å². The Bertz CT molecular complexity index is 1200. The third kappa shape index (κ3) is 8.27. The van der Waals surface area contributed by atoms with Crippen LogP contribution in [0.5, 0.6) is 0 Å². The van der Waals surface area contributed by atoms with Crippen LogP contribution < -0.4 is 4.90 Å². The van der Waals surface area contributed by atoms with Gasteiger partial charge in [-0.15, -0.1) is 0 Å². The molecule has 1 fully saturated rings. The maximum atomic E-state index is 14.8. The Balaban J connectivity index is 1.46. The zero-order valence-electron chi connectivity index (χ0n) is 23.6. The molecule has 0 spiro atoms. The number of rotatable bonds is 5. The van der Waals surface area contributed by atoms with Crippen LogP contribution >= 0.6 is 0 Å². The first-order valence-corrected chi connectivity index (χ1v) is 14.1. The fourth-order valence-corrected chi connectivity index (χ4v) is 5.23. The predicted octanol–water partition coefficient (Wildman–Crippen LogP) is 4.26. The number of benzene rings is 1. The topological polar surface area (TPSA) is 87.9 Å². The normalized spacial score (nSPS) is 26.0. The third-order valence-electron chi connectivity index (χ3n) is 7.55. The summed E-state index contributed by atoms with van der Waals surface area (Å²) in [5.41, 5.74) is 2.20. The van der Waals surface area contributed by atoms with Gasteiger partial charge in [-0.1, -0.05) is 32.1 Å². The summed E-state index contributed by atoms with van der Waals surface area (Å²) in [6, 6.07) is 6.68. The molecule has 0 aliphatic carbocycles. The van der Waals surface area contributed by atoms with Crippen molar-refractivity contribution in [2.75, 3.05) is 31.1 Å². The van der Waals surface area contributed by atoms with Gasteiger partial charge in [0.15, 0.2) is 0 Å². The minimum absolute atomic E-state index is 0.0103. The highest BCUT2D eigenvalue weighted by Gasteiger charge is 2.25. The van der Waals surface area contributed by atoms with Crippen LogP contribution in [0.1, 0.15) is 45.6 Å². The van der Waals surface area contributed by atoms with Crippen LogP contribution in [0.4, 0.5) is 10.1 Å². The number of hydrogen-bond donors (Lipinski definition) is 1. The zero-order valence-corrected chi connectivity index (χ0v) is 23.6. The molecule has 2 aromatic rings. The van der Waals surface area contributed by atoms with Crippen LogP contribution in [0.3, 0.4) is 0 Å². The number of esters is 1. The van der Waals surface area contributed by atoms with E-state index in [0.717, 1.165) is 17.7 Å². The number of hydrogen-bond acceptors (Lipinski definition) is 6. The number of aliphatic hydroxyl groups excluding tert-OH is 1. The molecule has 215 valence electrons. The molecule has 2 aliphatic heterocycles. The lowest BCUT2D eigenvalue weighted by Crippen LogP contribution is -2.49. The minimum atomic E-state index is -0.737. The van der Waals surface area contributed by atoms with Crippen molar-refractivity contribution < 1.29 is 23.8 Å². The number of anilines is 1. The standard InChI is InChI=1S/C31H40FN4O4/c1-22-6-4-7-23(2)31(40-30(39)20-28(37)9-8-22)24(3)16-25-17-26(32)19-27(18-25)34-12-14-35(15-13-34)29(38)21-36-11-5-10-33-36/h4-7,10-11,16-19,22-23,28,31,37H,8-9,12-15,20-21H2,1-3H3/b7-4+,24-16+/t22-,23+,28-,31+/m0/s1. The second kappa shape index (κ2) is 13.7. The molecule has 4 rings (SSSR count). The van der Waals surface area contributed by atoms with E-state index in [1.165, 1.54) is 12.1 Å². The van der Waals surface area contributed by atoms with Gasteiger partial charge in [0.05, 0.1) is 12.5 Å². The number of nitrogens with zero attached hydrogens (tertiary/aromatic N) is 4. The Kier molecular flexibility index (Phi) is 10.1. The van der Waals surface area contributed by atoms with E-state index in [1.807, 2.05) is 43.0 Å². The molecule has 0 bridgehead atoms. The minimum Gasteiger partial charge on any atom is -0.457 e. The van der Waals surface area contributed by atoms with E-state index in [4.69, 9.17) is 4.74 Å². The summed E-state index contributed by atoms with van der Waals surface area (Å²) in [7, 11) is 0. The van der Waals surface area contributed by atoms with Gasteiger partial charge in [0.2, 0.25) is 5.91 Å². The Labute approximate surface area is 236 Å². The second-order valence-corrected chi connectivity index (χ2v) is 11.0. The van der Waals surface area contributed by atoms with Crippen LogP contribution in [0.25, 0.3) is 6.08 Å². The van der Waals surface area contributed by atoms with Crippen LogP contribution in [0.2, 0.25) is 0 Å². The molecule has 1 saturated heterocycles. The molecular formula is C31H40FN4O4. The van der Waals surface area contributed by atoms with Crippen molar-refractivity contribution in [2.45, 2.75) is 58.8 Å². The summed E-state index contributed by atoms with van der Waals surface area (Å²) < 4.78 is 22.2. The molecule has 1 radical (unpaired) electrons. The molecule has 3 heterocycles. The number of amides is 1. The summed E-state index contributed by atoms with van der Waals surface area (Å²) in [4.78, 5) is 29.1. The smallest absolute Gasteiger partial charge is 0.309 e. The van der Waals surface area contributed by atoms with Crippen molar-refractivity contribution in [3.05, 3.63) is 72.2 Å². The highest BCUT2D eigenvalue weighted by atomic mass is 19.1. The molecule has 40 heavy (non-hydrogen) atoms. The highest BCUT2D eigenvalue weighted by Crippen LogP contribution is 2.26. The van der Waals surface area contributed by atoms with Crippen molar-refractivity contribution in [1.29, 1.82) is 0 Å². The van der Waals surface area contributed by atoms with Crippen molar-refractivity contribution >= 4 is 23.6 Å². The number of ether oxygens (including phenoxy) is 1. The molecule has 1 N–H and O–H groups in total. The molecule has 1 amide bonds. The third-order valence-corrected chi connectivity index (χ3v) is 7.55. The number of aromatic nitrogens is 2. The van der Waals surface area contributed by atoms with E-state index < -0.39 is 18.2 Å². The van der Waals surface area contributed by atoms with Crippen LogP contribution in [0.15, 0.2) is 54.4 Å². The number of halogens is 1. The second-order valence-electron chi connectivity index (χ2n) is 11.0. The Morgan fingerprint density at radius 3 is 2.67 bits per heavy atom. The fraction of sp³-hybridized carbons (Fsp3) is 0.484. The van der Waals surface area contributed by atoms with Gasteiger partial charge in [0, 0.05) is 50.2 Å². The Morgan fingerprint density at radius 2 is 1.95 bits per heavy atom. The van der Waals surface area contributed by atoms with E-state index in [9.17, 15) is 19.1 Å². The molecule has 9 heteroatoms. The number of carbonyl (C=O) groups is 2. The summed E-state index contributed by atoms with van der Waals surface area (Å²) in [6.45, 7) is 8.44. The Morgan fingerprint density at radius 1 is 1.18 bits per heavy atom. The lowest BCUT2D eigenvalue weighted by molar-refractivity contribution is -0.151. The predicted molar refractivity (Wildman–Crippen MR) is 153 cm³/mol. The van der Waals surface area contributed by atoms with Gasteiger partial charge in [0.25, 0.3) is 0 Å². The Hall–Kier alpha value is -3.46. The van der Waals surface area contributed by atoms with Gasteiger partial charge in [-0.25, -0.2) is 4.39 Å². The average Bonchev–Trinajstić information content (AvgIpc) is 3.42. The lowest BCUT2D eigenvalue weighted by atomic mass is 9.93. The monoisotopic (exact) mass is 551 g/mol. The van der Waals surface area contributed by atoms with Gasteiger partial charge in [-0.3, -0.25) is 14.3 Å². The number of carbonyl (C=O) groups excluding carboxylic acids is 2. The van der Waals surface area contributed by atoms with Crippen LogP contribution in [-0.4, -0.2) is 70.1 Å². The van der Waals surface area contributed by atoms with Gasteiger partial charge in [-0.2, -0.15) is 5.10 Å². The zero-order chi connectivity index (χ0) is 28.6. The first-order chi connectivity index (χ1) is 19.2. The lowest BCUT2D eigenvalue weighted by Gasteiger charge is -2.36. The van der Waals surface area contributed by atoms with E-state index in [2.05, 4.69) is 23.3 Å². The van der Waals surface area contributed by atoms with Crippen molar-refractivity contribution in [3.63, 3.8) is 0 Å².